The third-order valence-electron chi connectivity index (χ3n) is 1.52. The summed E-state index contributed by atoms with van der Waals surface area (Å²) >= 11 is 0. The van der Waals surface area contributed by atoms with E-state index in [0.717, 1.165) is 5.69 Å². The molecule has 0 saturated carbocycles. The fourth-order valence-corrected chi connectivity index (χ4v) is 0.981. The largest absolute Gasteiger partial charge is 0.280 e. The first-order valence-corrected chi connectivity index (χ1v) is 3.23. The molecule has 0 aliphatic carbocycles. The van der Waals surface area contributed by atoms with Gasteiger partial charge in [0.05, 0.1) is 11.3 Å². The summed E-state index contributed by atoms with van der Waals surface area (Å²) < 4.78 is 0. The first-order chi connectivity index (χ1) is 5.38. The van der Waals surface area contributed by atoms with Crippen molar-refractivity contribution in [2.24, 2.45) is 4.99 Å². The topological polar surface area (TPSA) is 55.2 Å². The number of hydrogen-bond donors (Lipinski definition) is 0. The number of amides is 1. The van der Waals surface area contributed by atoms with Gasteiger partial charge in [0.25, 0.3) is 5.91 Å². The Labute approximate surface area is 63.0 Å². The molecule has 11 heavy (non-hydrogen) atoms. The number of fused-ring (bicyclic) bond motifs is 1. The van der Waals surface area contributed by atoms with Gasteiger partial charge < -0.3 is 0 Å². The Hall–Kier alpha value is -1.58. The van der Waals surface area contributed by atoms with Crippen LogP contribution in [0, 0.1) is 0 Å². The van der Waals surface area contributed by atoms with Crippen molar-refractivity contribution in [3.05, 3.63) is 23.8 Å². The van der Waals surface area contributed by atoms with Crippen LogP contribution in [0.25, 0.3) is 0 Å². The molecular weight excluding hydrogens is 142 g/mol. The van der Waals surface area contributed by atoms with Crippen LogP contribution >= 0.6 is 0 Å². The normalized spacial score (nSPS) is 14.7. The van der Waals surface area contributed by atoms with E-state index in [9.17, 15) is 4.79 Å². The van der Waals surface area contributed by atoms with Crippen molar-refractivity contribution in [2.75, 3.05) is 0 Å². The number of nitrogens with zero attached hydrogens (tertiary/aromatic N) is 3. The van der Waals surface area contributed by atoms with Gasteiger partial charge in [-0.3, -0.25) is 4.79 Å². The molecule has 1 aromatic rings. The van der Waals surface area contributed by atoms with Crippen LogP contribution in [0.2, 0.25) is 0 Å². The van der Waals surface area contributed by atoms with Crippen LogP contribution in [-0.4, -0.2) is 22.1 Å². The SMILES string of the molecule is O=C1N=CCc2ncncc21. The maximum Gasteiger partial charge on any atom is 0.280 e. The molecule has 1 aromatic heterocycles. The lowest BCUT2D eigenvalue weighted by atomic mass is 10.1. The molecule has 0 radical (unpaired) electrons. The second-order valence-corrected chi connectivity index (χ2v) is 2.20. The number of aliphatic imine (C=N–C) groups is 1. The van der Waals surface area contributed by atoms with E-state index < -0.39 is 0 Å². The maximum absolute atomic E-state index is 11.0. The van der Waals surface area contributed by atoms with Crippen molar-refractivity contribution in [2.45, 2.75) is 6.42 Å². The number of aromatic nitrogens is 2. The standard InChI is InChI=1S/C7H5N3O/c11-7-5-3-8-4-10-6(5)1-2-9-7/h2-4H,1H2. The lowest BCUT2D eigenvalue weighted by Crippen LogP contribution is -2.10. The van der Waals surface area contributed by atoms with E-state index in [-0.39, 0.29) is 5.91 Å². The number of rotatable bonds is 0. The van der Waals surface area contributed by atoms with Crippen molar-refractivity contribution in [1.82, 2.24) is 9.97 Å². The molecule has 0 bridgehead atoms. The molecule has 4 nitrogen and oxygen atoms in total. The Bertz CT molecular complexity index is 332. The predicted molar refractivity (Wildman–Crippen MR) is 38.6 cm³/mol. The smallest absolute Gasteiger partial charge is 0.267 e. The van der Waals surface area contributed by atoms with Gasteiger partial charge in [-0.05, 0) is 0 Å². The van der Waals surface area contributed by atoms with Crippen molar-refractivity contribution < 1.29 is 4.79 Å². The summed E-state index contributed by atoms with van der Waals surface area (Å²) in [5, 5.41) is 0. The van der Waals surface area contributed by atoms with E-state index in [1.807, 2.05) is 0 Å². The van der Waals surface area contributed by atoms with E-state index in [1.54, 1.807) is 6.21 Å². The Kier molecular flexibility index (Phi) is 1.25. The maximum atomic E-state index is 11.0. The average Bonchev–Trinajstić information content (AvgIpc) is 2.06. The lowest BCUT2D eigenvalue weighted by Gasteiger charge is -2.04. The second-order valence-electron chi connectivity index (χ2n) is 2.20. The van der Waals surface area contributed by atoms with Gasteiger partial charge in [0.1, 0.15) is 6.33 Å². The van der Waals surface area contributed by atoms with Gasteiger partial charge in [-0.25, -0.2) is 15.0 Å². The number of carbonyl (C=O) groups is 1. The molecule has 1 aliphatic heterocycles. The second kappa shape index (κ2) is 2.23. The van der Waals surface area contributed by atoms with Gasteiger partial charge in [-0.15, -0.1) is 0 Å². The predicted octanol–water partition coefficient (Wildman–Crippen LogP) is 0.244. The summed E-state index contributed by atoms with van der Waals surface area (Å²) in [6, 6.07) is 0. The van der Waals surface area contributed by atoms with Gasteiger partial charge in [-0.2, -0.15) is 0 Å². The Morgan fingerprint density at radius 3 is 3.18 bits per heavy atom. The van der Waals surface area contributed by atoms with Gasteiger partial charge in [0.2, 0.25) is 0 Å². The molecule has 0 saturated heterocycles. The molecule has 0 N–H and O–H groups in total. The van der Waals surface area contributed by atoms with Crippen LogP contribution in [-0.2, 0) is 6.42 Å². The molecule has 0 spiro atoms. The minimum Gasteiger partial charge on any atom is -0.267 e. The molecular formula is C7H5N3O. The molecule has 0 fully saturated rings. The van der Waals surface area contributed by atoms with Crippen LogP contribution in [0.15, 0.2) is 17.5 Å². The van der Waals surface area contributed by atoms with Crippen molar-refractivity contribution in [3.63, 3.8) is 0 Å². The summed E-state index contributed by atoms with van der Waals surface area (Å²) in [5.74, 6) is -0.244. The minimum atomic E-state index is -0.244. The molecule has 2 rings (SSSR count). The molecule has 2 heterocycles. The summed E-state index contributed by atoms with van der Waals surface area (Å²) in [5.41, 5.74) is 1.29. The third-order valence-corrected chi connectivity index (χ3v) is 1.52. The molecule has 0 aromatic carbocycles. The van der Waals surface area contributed by atoms with Gasteiger partial charge in [0, 0.05) is 18.8 Å². The summed E-state index contributed by atoms with van der Waals surface area (Å²) in [6.07, 6.45) is 5.13. The van der Waals surface area contributed by atoms with Crippen molar-refractivity contribution >= 4 is 12.1 Å². The van der Waals surface area contributed by atoms with E-state index in [1.165, 1.54) is 12.5 Å². The fourth-order valence-electron chi connectivity index (χ4n) is 0.981. The Morgan fingerprint density at radius 2 is 2.36 bits per heavy atom. The fraction of sp³-hybridized carbons (Fsp3) is 0.143. The third kappa shape index (κ3) is 0.920. The monoisotopic (exact) mass is 147 g/mol. The van der Waals surface area contributed by atoms with Gasteiger partial charge in [0.15, 0.2) is 0 Å². The quantitative estimate of drug-likeness (QED) is 0.528. The first-order valence-electron chi connectivity index (χ1n) is 3.23. The molecule has 0 unspecified atom stereocenters. The zero-order valence-corrected chi connectivity index (χ0v) is 5.69. The van der Waals surface area contributed by atoms with Crippen LogP contribution in [0.3, 0.4) is 0 Å². The first kappa shape index (κ1) is 6.15. The molecule has 0 atom stereocenters. The van der Waals surface area contributed by atoms with Gasteiger partial charge in [-0.1, -0.05) is 0 Å². The van der Waals surface area contributed by atoms with E-state index >= 15 is 0 Å². The molecule has 1 amide bonds. The van der Waals surface area contributed by atoms with Crippen molar-refractivity contribution in [3.8, 4) is 0 Å². The average molecular weight is 147 g/mol. The Morgan fingerprint density at radius 1 is 1.45 bits per heavy atom. The highest BCUT2D eigenvalue weighted by atomic mass is 16.1. The zero-order chi connectivity index (χ0) is 7.68. The minimum absolute atomic E-state index is 0.244. The van der Waals surface area contributed by atoms with Crippen LogP contribution in [0.4, 0.5) is 0 Å². The lowest BCUT2D eigenvalue weighted by molar-refractivity contribution is 0.1000. The molecule has 4 heteroatoms. The molecule has 54 valence electrons. The highest BCUT2D eigenvalue weighted by Crippen LogP contribution is 2.08. The van der Waals surface area contributed by atoms with Crippen LogP contribution in [0.5, 0.6) is 0 Å². The summed E-state index contributed by atoms with van der Waals surface area (Å²) in [4.78, 5) is 22.3. The van der Waals surface area contributed by atoms with E-state index in [0.29, 0.717) is 12.0 Å². The van der Waals surface area contributed by atoms with Crippen LogP contribution < -0.4 is 0 Å². The van der Waals surface area contributed by atoms with E-state index in [4.69, 9.17) is 0 Å². The van der Waals surface area contributed by atoms with Crippen LogP contribution in [0.1, 0.15) is 16.1 Å². The Balaban J connectivity index is 2.59. The number of carbonyl (C=O) groups excluding carboxylic acids is 1. The molecule has 1 aliphatic rings. The zero-order valence-electron chi connectivity index (χ0n) is 5.69. The number of hydrogen-bond acceptors (Lipinski definition) is 3. The van der Waals surface area contributed by atoms with E-state index in [2.05, 4.69) is 15.0 Å². The highest BCUT2D eigenvalue weighted by Gasteiger charge is 2.13. The summed E-state index contributed by atoms with van der Waals surface area (Å²) in [6.45, 7) is 0. The highest BCUT2D eigenvalue weighted by molar-refractivity contribution is 6.02. The summed E-state index contributed by atoms with van der Waals surface area (Å²) in [7, 11) is 0. The van der Waals surface area contributed by atoms with Crippen molar-refractivity contribution in [1.29, 1.82) is 0 Å². The van der Waals surface area contributed by atoms with Gasteiger partial charge >= 0.3 is 0 Å².